The Bertz CT molecular complexity index is 553. The topological polar surface area (TPSA) is 92.9 Å². The number of tetrazole rings is 1. The second-order valence-electron chi connectivity index (χ2n) is 4.93. The van der Waals surface area contributed by atoms with Gasteiger partial charge in [0, 0.05) is 12.6 Å². The molecule has 1 aromatic carbocycles. The minimum atomic E-state index is -0.0180. The highest BCUT2D eigenvalue weighted by Crippen LogP contribution is 2.08. The summed E-state index contributed by atoms with van der Waals surface area (Å²) in [6.45, 7) is 2.09. The van der Waals surface area contributed by atoms with Crippen molar-refractivity contribution in [3.63, 3.8) is 0 Å². The minimum Gasteiger partial charge on any atom is -0.396 e. The van der Waals surface area contributed by atoms with Gasteiger partial charge in [0.1, 0.15) is 6.33 Å². The van der Waals surface area contributed by atoms with E-state index < -0.39 is 0 Å². The summed E-state index contributed by atoms with van der Waals surface area (Å²) in [6.07, 6.45) is 3.33. The van der Waals surface area contributed by atoms with Crippen LogP contribution in [0.5, 0.6) is 0 Å². The largest absolute Gasteiger partial charge is 0.396 e. The third-order valence-corrected chi connectivity index (χ3v) is 3.12. The fourth-order valence-electron chi connectivity index (χ4n) is 2.03. The lowest BCUT2D eigenvalue weighted by Crippen LogP contribution is -2.33. The summed E-state index contributed by atoms with van der Waals surface area (Å²) in [7, 11) is 0. The van der Waals surface area contributed by atoms with Crippen LogP contribution < -0.4 is 5.32 Å². The molecular weight excluding hydrogens is 270 g/mol. The average Bonchev–Trinajstić information content (AvgIpc) is 3.00. The van der Waals surface area contributed by atoms with Crippen molar-refractivity contribution >= 4 is 5.91 Å². The molecule has 1 amide bonds. The first-order chi connectivity index (χ1) is 10.2. The zero-order valence-electron chi connectivity index (χ0n) is 11.9. The molecule has 0 aliphatic rings. The first kappa shape index (κ1) is 15.1. The number of nitrogens with one attached hydrogen (secondary N) is 1. The number of hydrogen-bond donors (Lipinski definition) is 2. The van der Waals surface area contributed by atoms with Crippen molar-refractivity contribution in [2.45, 2.75) is 32.2 Å². The Hall–Kier alpha value is -2.28. The first-order valence-corrected chi connectivity index (χ1v) is 6.91. The van der Waals surface area contributed by atoms with E-state index in [4.69, 9.17) is 5.11 Å². The molecule has 112 valence electrons. The van der Waals surface area contributed by atoms with Crippen LogP contribution in [-0.4, -0.2) is 43.9 Å². The van der Waals surface area contributed by atoms with Crippen molar-refractivity contribution in [1.29, 1.82) is 0 Å². The predicted octanol–water partition coefficient (Wildman–Crippen LogP) is 0.482. The monoisotopic (exact) mass is 289 g/mol. The van der Waals surface area contributed by atoms with Crippen molar-refractivity contribution in [2.24, 2.45) is 0 Å². The standard InChI is InChI=1S/C14H19N5O2/c1-11(3-2-8-20)16-14(21)9-12-4-6-13(7-5-12)19-10-15-17-18-19/h4-7,10-11,20H,2-3,8-9H2,1H3,(H,16,21). The second kappa shape index (κ2) is 7.49. The third-order valence-electron chi connectivity index (χ3n) is 3.12. The van der Waals surface area contributed by atoms with E-state index in [1.54, 1.807) is 4.68 Å². The van der Waals surface area contributed by atoms with E-state index in [9.17, 15) is 4.79 Å². The van der Waals surface area contributed by atoms with E-state index in [-0.39, 0.29) is 18.6 Å². The molecule has 0 spiro atoms. The van der Waals surface area contributed by atoms with E-state index in [1.807, 2.05) is 31.2 Å². The lowest BCUT2D eigenvalue weighted by molar-refractivity contribution is -0.121. The lowest BCUT2D eigenvalue weighted by Gasteiger charge is -2.13. The van der Waals surface area contributed by atoms with Crippen LogP contribution in [0.1, 0.15) is 25.3 Å². The number of aromatic nitrogens is 4. The normalized spacial score (nSPS) is 12.1. The summed E-state index contributed by atoms with van der Waals surface area (Å²) < 4.78 is 1.56. The lowest BCUT2D eigenvalue weighted by atomic mass is 10.1. The molecule has 1 heterocycles. The molecule has 2 rings (SSSR count). The Morgan fingerprint density at radius 3 is 2.76 bits per heavy atom. The zero-order chi connectivity index (χ0) is 15.1. The number of rotatable bonds is 7. The molecule has 7 nitrogen and oxygen atoms in total. The first-order valence-electron chi connectivity index (χ1n) is 6.91. The van der Waals surface area contributed by atoms with E-state index >= 15 is 0 Å². The molecule has 0 fully saturated rings. The molecule has 1 atom stereocenters. The van der Waals surface area contributed by atoms with Crippen LogP contribution in [0.2, 0.25) is 0 Å². The highest BCUT2D eigenvalue weighted by molar-refractivity contribution is 5.78. The van der Waals surface area contributed by atoms with Crippen LogP contribution in [0.4, 0.5) is 0 Å². The van der Waals surface area contributed by atoms with Gasteiger partial charge in [0.05, 0.1) is 12.1 Å². The Morgan fingerprint density at radius 1 is 1.38 bits per heavy atom. The van der Waals surface area contributed by atoms with Gasteiger partial charge in [-0.2, -0.15) is 0 Å². The molecule has 0 radical (unpaired) electrons. The molecule has 1 aromatic heterocycles. The van der Waals surface area contributed by atoms with Gasteiger partial charge >= 0.3 is 0 Å². The predicted molar refractivity (Wildman–Crippen MR) is 76.8 cm³/mol. The van der Waals surface area contributed by atoms with Crippen LogP contribution in [0, 0.1) is 0 Å². The maximum Gasteiger partial charge on any atom is 0.224 e. The highest BCUT2D eigenvalue weighted by atomic mass is 16.3. The van der Waals surface area contributed by atoms with Gasteiger partial charge in [0.25, 0.3) is 0 Å². The van der Waals surface area contributed by atoms with E-state index in [0.29, 0.717) is 12.8 Å². The number of aliphatic hydroxyl groups excluding tert-OH is 1. The van der Waals surface area contributed by atoms with E-state index in [0.717, 1.165) is 17.7 Å². The molecule has 0 aliphatic heterocycles. The highest BCUT2D eigenvalue weighted by Gasteiger charge is 2.08. The quantitative estimate of drug-likeness (QED) is 0.773. The van der Waals surface area contributed by atoms with Gasteiger partial charge in [-0.15, -0.1) is 5.10 Å². The van der Waals surface area contributed by atoms with E-state index in [2.05, 4.69) is 20.8 Å². The molecule has 7 heteroatoms. The molecule has 0 bridgehead atoms. The van der Waals surface area contributed by atoms with Gasteiger partial charge in [0.15, 0.2) is 0 Å². The van der Waals surface area contributed by atoms with E-state index in [1.165, 1.54) is 6.33 Å². The van der Waals surface area contributed by atoms with Crippen LogP contribution in [0.15, 0.2) is 30.6 Å². The molecule has 0 aliphatic carbocycles. The molecular formula is C14H19N5O2. The van der Waals surface area contributed by atoms with Crippen molar-refractivity contribution < 1.29 is 9.90 Å². The zero-order valence-corrected chi connectivity index (χ0v) is 11.9. The number of hydrogen-bond acceptors (Lipinski definition) is 5. The maximum atomic E-state index is 11.9. The summed E-state index contributed by atoms with van der Waals surface area (Å²) in [5, 5.41) is 22.6. The van der Waals surface area contributed by atoms with Crippen molar-refractivity contribution in [3.05, 3.63) is 36.2 Å². The summed E-state index contributed by atoms with van der Waals surface area (Å²) >= 11 is 0. The average molecular weight is 289 g/mol. The number of nitrogens with zero attached hydrogens (tertiary/aromatic N) is 4. The Kier molecular flexibility index (Phi) is 5.39. The number of carbonyl (C=O) groups excluding carboxylic acids is 1. The van der Waals surface area contributed by atoms with Crippen LogP contribution in [0.25, 0.3) is 5.69 Å². The minimum absolute atomic E-state index is 0.0180. The molecule has 0 saturated carbocycles. The summed E-state index contributed by atoms with van der Waals surface area (Å²) in [6, 6.07) is 7.58. The number of amides is 1. The summed E-state index contributed by atoms with van der Waals surface area (Å²) in [5.74, 6) is -0.0180. The van der Waals surface area contributed by atoms with Gasteiger partial charge in [-0.1, -0.05) is 12.1 Å². The SMILES string of the molecule is CC(CCCO)NC(=O)Cc1ccc(-n2cnnn2)cc1. The maximum absolute atomic E-state index is 11.9. The van der Waals surface area contributed by atoms with Gasteiger partial charge in [-0.25, -0.2) is 4.68 Å². The molecule has 0 saturated heterocycles. The smallest absolute Gasteiger partial charge is 0.224 e. The van der Waals surface area contributed by atoms with Crippen LogP contribution in [0.3, 0.4) is 0 Å². The fourth-order valence-corrected chi connectivity index (χ4v) is 2.03. The summed E-state index contributed by atoms with van der Waals surface area (Å²) in [4.78, 5) is 11.9. The fraction of sp³-hybridized carbons (Fsp3) is 0.429. The van der Waals surface area contributed by atoms with Crippen molar-refractivity contribution in [1.82, 2.24) is 25.5 Å². The number of benzene rings is 1. The van der Waals surface area contributed by atoms with Crippen LogP contribution in [-0.2, 0) is 11.2 Å². The molecule has 2 aromatic rings. The van der Waals surface area contributed by atoms with Gasteiger partial charge < -0.3 is 10.4 Å². The van der Waals surface area contributed by atoms with Crippen molar-refractivity contribution in [2.75, 3.05) is 6.61 Å². The molecule has 1 unspecified atom stereocenters. The Morgan fingerprint density at radius 2 is 2.14 bits per heavy atom. The van der Waals surface area contributed by atoms with Crippen LogP contribution >= 0.6 is 0 Å². The Balaban J connectivity index is 1.87. The van der Waals surface area contributed by atoms with Crippen molar-refractivity contribution in [3.8, 4) is 5.69 Å². The summed E-state index contributed by atoms with van der Waals surface area (Å²) in [5.41, 5.74) is 1.78. The Labute approximate surface area is 123 Å². The third kappa shape index (κ3) is 4.64. The molecule has 2 N–H and O–H groups in total. The van der Waals surface area contributed by atoms with Gasteiger partial charge in [0.2, 0.25) is 5.91 Å². The van der Waals surface area contributed by atoms with Gasteiger partial charge in [-0.05, 0) is 47.9 Å². The molecule has 21 heavy (non-hydrogen) atoms. The second-order valence-corrected chi connectivity index (χ2v) is 4.93. The number of carbonyl (C=O) groups is 1. The number of aliphatic hydroxyl groups is 1. The van der Waals surface area contributed by atoms with Gasteiger partial charge in [-0.3, -0.25) is 4.79 Å².